The number of hydrazone groups is 1. The van der Waals surface area contributed by atoms with Crippen LogP contribution in [-0.2, 0) is 0 Å². The highest BCUT2D eigenvalue weighted by molar-refractivity contribution is 9.10. The third-order valence-corrected chi connectivity index (χ3v) is 5.19. The molecule has 0 saturated carbocycles. The number of nitrogens with one attached hydrogen (secondary N) is 1. The Morgan fingerprint density at radius 2 is 1.46 bits per heavy atom. The monoisotopic (exact) mass is 542 g/mol. The first-order valence-electron chi connectivity index (χ1n) is 10.3. The van der Waals surface area contributed by atoms with Crippen molar-refractivity contribution in [2.24, 2.45) is 5.10 Å². The van der Waals surface area contributed by atoms with E-state index in [0.717, 1.165) is 10.0 Å². The predicted molar refractivity (Wildman–Crippen MR) is 131 cm³/mol. The van der Waals surface area contributed by atoms with Crippen LogP contribution in [0, 0.1) is 0 Å². The van der Waals surface area contributed by atoms with Gasteiger partial charge in [-0.15, -0.1) is 0 Å². The zero-order chi connectivity index (χ0) is 24.7. The van der Waals surface area contributed by atoms with Crippen LogP contribution in [0.1, 0.15) is 5.56 Å². The predicted octanol–water partition coefficient (Wildman–Crippen LogP) is 6.49. The zero-order valence-corrected chi connectivity index (χ0v) is 19.6. The van der Waals surface area contributed by atoms with Crippen LogP contribution in [0.5, 0.6) is 6.01 Å². The molecule has 7 nitrogen and oxygen atoms in total. The maximum Gasteiger partial charge on any atom is 0.422 e. The van der Waals surface area contributed by atoms with Gasteiger partial charge in [-0.05, 0) is 30.3 Å². The first-order chi connectivity index (χ1) is 16.9. The van der Waals surface area contributed by atoms with E-state index in [4.69, 9.17) is 4.74 Å². The highest BCUT2D eigenvalue weighted by atomic mass is 79.9. The van der Waals surface area contributed by atoms with Crippen LogP contribution in [0.15, 0.2) is 94.5 Å². The van der Waals surface area contributed by atoms with E-state index in [-0.39, 0.29) is 11.9 Å². The Morgan fingerprint density at radius 3 is 2.06 bits per heavy atom. The number of hydrogen-bond acceptors (Lipinski definition) is 7. The fourth-order valence-corrected chi connectivity index (χ4v) is 3.37. The van der Waals surface area contributed by atoms with Crippen LogP contribution in [0.4, 0.5) is 36.4 Å². The topological polar surface area (TPSA) is 75.5 Å². The van der Waals surface area contributed by atoms with Gasteiger partial charge >= 0.3 is 12.2 Å². The van der Waals surface area contributed by atoms with Crippen LogP contribution in [0.3, 0.4) is 0 Å². The summed E-state index contributed by atoms with van der Waals surface area (Å²) < 4.78 is 44.1. The van der Waals surface area contributed by atoms with Crippen molar-refractivity contribution in [3.63, 3.8) is 0 Å². The van der Waals surface area contributed by atoms with Crippen LogP contribution in [-0.4, -0.2) is 33.9 Å². The second-order valence-corrected chi connectivity index (χ2v) is 7.90. The first-order valence-corrected chi connectivity index (χ1v) is 11.1. The number of hydrogen-bond donors (Lipinski definition) is 1. The summed E-state index contributed by atoms with van der Waals surface area (Å²) in [5.74, 6) is -0.0412. The number of alkyl halides is 3. The molecule has 0 amide bonds. The first kappa shape index (κ1) is 24.1. The Morgan fingerprint density at radius 1 is 0.857 bits per heavy atom. The van der Waals surface area contributed by atoms with Gasteiger partial charge in [-0.25, -0.2) is 5.43 Å². The molecule has 4 rings (SSSR count). The Hall–Kier alpha value is -3.99. The molecule has 1 heterocycles. The van der Waals surface area contributed by atoms with Crippen molar-refractivity contribution in [1.29, 1.82) is 0 Å². The molecule has 0 radical (unpaired) electrons. The molecule has 0 spiro atoms. The second-order valence-electron chi connectivity index (χ2n) is 7.04. The summed E-state index contributed by atoms with van der Waals surface area (Å²) >= 11 is 3.42. The van der Waals surface area contributed by atoms with Crippen LogP contribution >= 0.6 is 15.9 Å². The molecule has 0 aliphatic heterocycles. The van der Waals surface area contributed by atoms with Crippen molar-refractivity contribution in [3.8, 4) is 6.01 Å². The number of anilines is 4. The van der Waals surface area contributed by atoms with E-state index in [9.17, 15) is 13.2 Å². The molecule has 178 valence electrons. The SMILES string of the molecule is FC(F)(F)COc1nc(NN=Cc2ccccc2Br)nc(N(c2ccccc2)c2ccccc2)n1. The average Bonchev–Trinajstić information content (AvgIpc) is 2.85. The molecule has 0 fully saturated rings. The van der Waals surface area contributed by atoms with Gasteiger partial charge in [0, 0.05) is 21.4 Å². The van der Waals surface area contributed by atoms with E-state index < -0.39 is 18.8 Å². The van der Waals surface area contributed by atoms with E-state index in [0.29, 0.717) is 11.4 Å². The number of halogens is 4. The molecule has 0 saturated heterocycles. The molecule has 0 aliphatic rings. The highest BCUT2D eigenvalue weighted by Gasteiger charge is 2.29. The quantitative estimate of drug-likeness (QED) is 0.202. The van der Waals surface area contributed by atoms with E-state index in [1.54, 1.807) is 4.90 Å². The van der Waals surface area contributed by atoms with Gasteiger partial charge in [-0.2, -0.15) is 33.2 Å². The molecule has 35 heavy (non-hydrogen) atoms. The minimum Gasteiger partial charge on any atom is -0.454 e. The summed E-state index contributed by atoms with van der Waals surface area (Å²) in [4.78, 5) is 14.2. The fraction of sp³-hybridized carbons (Fsp3) is 0.0833. The Bertz CT molecular complexity index is 1250. The van der Waals surface area contributed by atoms with Gasteiger partial charge in [0.15, 0.2) is 6.61 Å². The lowest BCUT2D eigenvalue weighted by molar-refractivity contribution is -0.154. The van der Waals surface area contributed by atoms with Crippen molar-refractivity contribution < 1.29 is 17.9 Å². The summed E-state index contributed by atoms with van der Waals surface area (Å²) in [6, 6.07) is 25.2. The van der Waals surface area contributed by atoms with Crippen molar-refractivity contribution >= 4 is 45.4 Å². The van der Waals surface area contributed by atoms with E-state index in [1.165, 1.54) is 6.21 Å². The largest absolute Gasteiger partial charge is 0.454 e. The molecule has 3 aromatic carbocycles. The molecular formula is C24H18BrF3N6O. The van der Waals surface area contributed by atoms with Crippen molar-refractivity contribution in [2.45, 2.75) is 6.18 Å². The van der Waals surface area contributed by atoms with Gasteiger partial charge in [0.1, 0.15) is 0 Å². The normalized spacial score (nSPS) is 11.4. The number of ether oxygens (including phenoxy) is 1. The minimum absolute atomic E-state index is 0.0492. The van der Waals surface area contributed by atoms with Gasteiger partial charge in [-0.1, -0.05) is 70.5 Å². The summed E-state index contributed by atoms with van der Waals surface area (Å²) in [6.07, 6.45) is -3.04. The standard InChI is InChI=1S/C24H18BrF3N6O/c25-20-14-8-7-9-17(20)15-29-33-21-30-22(32-23(31-21)35-16-24(26,27)28)34(18-10-3-1-4-11-18)19-12-5-2-6-13-19/h1-15H,16H2,(H,30,31,32,33). The lowest BCUT2D eigenvalue weighted by atomic mass is 10.2. The van der Waals surface area contributed by atoms with E-state index in [2.05, 4.69) is 41.4 Å². The molecule has 4 aromatic rings. The summed E-state index contributed by atoms with van der Waals surface area (Å²) in [7, 11) is 0. The molecule has 0 aliphatic carbocycles. The summed E-state index contributed by atoms with van der Waals surface area (Å²) in [5.41, 5.74) is 4.81. The molecular weight excluding hydrogens is 525 g/mol. The lowest BCUT2D eigenvalue weighted by Gasteiger charge is -2.23. The third kappa shape index (κ3) is 6.76. The number of nitrogens with zero attached hydrogens (tertiary/aromatic N) is 5. The smallest absolute Gasteiger partial charge is 0.422 e. The Kier molecular flexibility index (Phi) is 7.56. The van der Waals surface area contributed by atoms with Gasteiger partial charge in [0.05, 0.1) is 6.21 Å². The maximum atomic E-state index is 12.8. The van der Waals surface area contributed by atoms with Crippen LogP contribution < -0.4 is 15.1 Å². The molecule has 0 atom stereocenters. The number of para-hydroxylation sites is 2. The Labute approximate surface area is 207 Å². The van der Waals surface area contributed by atoms with Crippen molar-refractivity contribution in [1.82, 2.24) is 15.0 Å². The molecule has 0 unspecified atom stereocenters. The second kappa shape index (κ2) is 11.0. The zero-order valence-electron chi connectivity index (χ0n) is 18.0. The van der Waals surface area contributed by atoms with Gasteiger partial charge in [-0.3, -0.25) is 4.90 Å². The average molecular weight is 543 g/mol. The van der Waals surface area contributed by atoms with E-state index in [1.807, 2.05) is 84.9 Å². The van der Waals surface area contributed by atoms with Crippen molar-refractivity contribution in [3.05, 3.63) is 95.0 Å². The van der Waals surface area contributed by atoms with Gasteiger partial charge in [0.25, 0.3) is 5.95 Å². The number of aromatic nitrogens is 3. The number of rotatable bonds is 8. The molecule has 0 bridgehead atoms. The number of benzene rings is 3. The lowest BCUT2D eigenvalue weighted by Crippen LogP contribution is -2.21. The summed E-state index contributed by atoms with van der Waals surface area (Å²) in [6.45, 7) is -1.55. The van der Waals surface area contributed by atoms with Crippen LogP contribution in [0.2, 0.25) is 0 Å². The van der Waals surface area contributed by atoms with Gasteiger partial charge < -0.3 is 4.74 Å². The van der Waals surface area contributed by atoms with E-state index >= 15 is 0 Å². The van der Waals surface area contributed by atoms with Gasteiger partial charge in [0.2, 0.25) is 5.95 Å². The minimum atomic E-state index is -4.56. The maximum absolute atomic E-state index is 12.8. The molecule has 1 N–H and O–H groups in total. The highest BCUT2D eigenvalue weighted by Crippen LogP contribution is 2.33. The molecule has 1 aromatic heterocycles. The fourth-order valence-electron chi connectivity index (χ4n) is 2.98. The molecule has 11 heteroatoms. The third-order valence-electron chi connectivity index (χ3n) is 4.47. The van der Waals surface area contributed by atoms with Crippen molar-refractivity contribution in [2.75, 3.05) is 16.9 Å². The summed E-state index contributed by atoms with van der Waals surface area (Å²) in [5, 5.41) is 4.11. The Balaban J connectivity index is 1.73. The van der Waals surface area contributed by atoms with Crippen LogP contribution in [0.25, 0.3) is 0 Å².